The molecule has 20 heavy (non-hydrogen) atoms. The van der Waals surface area contributed by atoms with Gasteiger partial charge in [-0.05, 0) is 19.8 Å². The van der Waals surface area contributed by atoms with Gasteiger partial charge >= 0.3 is 0 Å². The largest absolute Gasteiger partial charge is 0.379 e. The van der Waals surface area contributed by atoms with Crippen molar-refractivity contribution in [1.29, 1.82) is 0 Å². The highest BCUT2D eigenvalue weighted by Gasteiger charge is 2.10. The number of guanidine groups is 1. The highest BCUT2D eigenvalue weighted by molar-refractivity contribution is 14.0. The Morgan fingerprint density at radius 2 is 1.90 bits per heavy atom. The molecule has 1 heterocycles. The molecule has 5 nitrogen and oxygen atoms in total. The summed E-state index contributed by atoms with van der Waals surface area (Å²) in [7, 11) is 0. The van der Waals surface area contributed by atoms with E-state index in [4.69, 9.17) is 4.74 Å². The number of morpholine rings is 1. The lowest BCUT2D eigenvalue weighted by Gasteiger charge is -2.26. The van der Waals surface area contributed by atoms with Crippen LogP contribution in [0.1, 0.15) is 27.7 Å². The van der Waals surface area contributed by atoms with Gasteiger partial charge in [0.15, 0.2) is 5.96 Å². The maximum Gasteiger partial charge on any atom is 0.191 e. The van der Waals surface area contributed by atoms with E-state index in [1.807, 2.05) is 0 Å². The monoisotopic (exact) mass is 398 g/mol. The summed E-state index contributed by atoms with van der Waals surface area (Å²) in [4.78, 5) is 7.05. The predicted molar refractivity (Wildman–Crippen MR) is 96.1 cm³/mol. The quantitative estimate of drug-likeness (QED) is 0.405. The number of aliphatic imine (C=N–C) groups is 1. The van der Waals surface area contributed by atoms with E-state index in [1.54, 1.807) is 0 Å². The van der Waals surface area contributed by atoms with Crippen LogP contribution in [-0.4, -0.2) is 62.8 Å². The summed E-state index contributed by atoms with van der Waals surface area (Å²) in [6.45, 7) is 15.2. The number of hydrogen-bond donors (Lipinski definition) is 2. The normalized spacial score (nSPS) is 18.6. The Balaban J connectivity index is 0.00000361. The van der Waals surface area contributed by atoms with Crippen LogP contribution >= 0.6 is 24.0 Å². The molecular weight excluding hydrogens is 367 g/mol. The first-order valence-electron chi connectivity index (χ1n) is 7.48. The number of rotatable bonds is 6. The van der Waals surface area contributed by atoms with E-state index >= 15 is 0 Å². The summed E-state index contributed by atoms with van der Waals surface area (Å²) in [5.74, 6) is 1.53. The fourth-order valence-corrected chi connectivity index (χ4v) is 1.83. The summed E-state index contributed by atoms with van der Waals surface area (Å²) in [6.07, 6.45) is 0. The minimum absolute atomic E-state index is 0. The highest BCUT2D eigenvalue weighted by Crippen LogP contribution is 1.99. The minimum Gasteiger partial charge on any atom is -0.379 e. The van der Waals surface area contributed by atoms with Crippen LogP contribution in [0.3, 0.4) is 0 Å². The van der Waals surface area contributed by atoms with Crippen LogP contribution < -0.4 is 10.6 Å². The molecule has 120 valence electrons. The molecule has 0 aromatic heterocycles. The molecular formula is C14H31IN4O. The first-order chi connectivity index (χ1) is 9.13. The molecule has 0 spiro atoms. The number of ether oxygens (including phenoxy) is 1. The van der Waals surface area contributed by atoms with Crippen LogP contribution in [0.4, 0.5) is 0 Å². The molecule has 0 saturated carbocycles. The molecule has 0 radical (unpaired) electrons. The zero-order valence-corrected chi connectivity index (χ0v) is 15.6. The third kappa shape index (κ3) is 8.26. The first-order valence-corrected chi connectivity index (χ1v) is 7.48. The van der Waals surface area contributed by atoms with Gasteiger partial charge in [0.1, 0.15) is 0 Å². The van der Waals surface area contributed by atoms with E-state index in [0.717, 1.165) is 51.9 Å². The minimum atomic E-state index is 0. The number of hydrogen-bond acceptors (Lipinski definition) is 3. The molecule has 1 aliphatic heterocycles. The Labute approximate surface area is 140 Å². The Bertz CT molecular complexity index is 268. The van der Waals surface area contributed by atoms with Crippen molar-refractivity contribution in [2.75, 3.05) is 45.9 Å². The Kier molecular flexibility index (Phi) is 11.5. The third-order valence-corrected chi connectivity index (χ3v) is 3.50. The highest BCUT2D eigenvalue weighted by atomic mass is 127. The molecule has 0 amide bonds. The second kappa shape index (κ2) is 11.6. The third-order valence-electron chi connectivity index (χ3n) is 3.50. The van der Waals surface area contributed by atoms with Crippen molar-refractivity contribution in [2.45, 2.75) is 33.7 Å². The Morgan fingerprint density at radius 1 is 1.25 bits per heavy atom. The summed E-state index contributed by atoms with van der Waals surface area (Å²) < 4.78 is 5.34. The molecule has 0 aromatic rings. The van der Waals surface area contributed by atoms with Gasteiger partial charge in [-0.2, -0.15) is 0 Å². The molecule has 1 unspecified atom stereocenters. The van der Waals surface area contributed by atoms with E-state index < -0.39 is 0 Å². The van der Waals surface area contributed by atoms with E-state index in [0.29, 0.717) is 12.0 Å². The predicted octanol–water partition coefficient (Wildman–Crippen LogP) is 1.54. The molecule has 6 heteroatoms. The fraction of sp³-hybridized carbons (Fsp3) is 0.929. The van der Waals surface area contributed by atoms with Gasteiger partial charge in [0.05, 0.1) is 19.8 Å². The zero-order chi connectivity index (χ0) is 14.1. The van der Waals surface area contributed by atoms with Gasteiger partial charge in [-0.3, -0.25) is 9.89 Å². The van der Waals surface area contributed by atoms with Gasteiger partial charge in [-0.1, -0.05) is 13.8 Å². The molecule has 1 atom stereocenters. The molecule has 2 N–H and O–H groups in total. The van der Waals surface area contributed by atoms with Crippen molar-refractivity contribution in [3.05, 3.63) is 0 Å². The van der Waals surface area contributed by atoms with Gasteiger partial charge in [-0.15, -0.1) is 24.0 Å². The molecule has 1 saturated heterocycles. The second-order valence-electron chi connectivity index (χ2n) is 5.39. The number of nitrogens with zero attached hydrogens (tertiary/aromatic N) is 2. The van der Waals surface area contributed by atoms with Gasteiger partial charge in [0.2, 0.25) is 0 Å². The SMILES string of the molecule is CCNC(=NCCN1CCOCC1)NC(C)C(C)C.I. The average Bonchev–Trinajstić information content (AvgIpc) is 2.40. The van der Waals surface area contributed by atoms with Crippen LogP contribution in [-0.2, 0) is 4.74 Å². The molecule has 1 aliphatic rings. The molecule has 0 bridgehead atoms. The lowest BCUT2D eigenvalue weighted by Crippen LogP contribution is -2.45. The molecule has 0 aromatic carbocycles. The lowest BCUT2D eigenvalue weighted by molar-refractivity contribution is 0.0394. The number of halogens is 1. The van der Waals surface area contributed by atoms with Gasteiger partial charge in [0.25, 0.3) is 0 Å². The van der Waals surface area contributed by atoms with Crippen LogP contribution in [0.15, 0.2) is 4.99 Å². The van der Waals surface area contributed by atoms with Crippen LogP contribution in [0.5, 0.6) is 0 Å². The van der Waals surface area contributed by atoms with Crippen molar-refractivity contribution in [1.82, 2.24) is 15.5 Å². The van der Waals surface area contributed by atoms with Crippen LogP contribution in [0.25, 0.3) is 0 Å². The van der Waals surface area contributed by atoms with E-state index in [2.05, 4.69) is 48.2 Å². The standard InChI is InChI=1S/C14H30N4O.HI/c1-5-15-14(17-13(4)12(2)3)16-6-7-18-8-10-19-11-9-18;/h12-13H,5-11H2,1-4H3,(H2,15,16,17);1H. The van der Waals surface area contributed by atoms with E-state index in [9.17, 15) is 0 Å². The van der Waals surface area contributed by atoms with Crippen LogP contribution in [0, 0.1) is 5.92 Å². The van der Waals surface area contributed by atoms with Crippen molar-refractivity contribution >= 4 is 29.9 Å². The first kappa shape index (κ1) is 19.9. The number of nitrogens with one attached hydrogen (secondary N) is 2. The maximum absolute atomic E-state index is 5.34. The van der Waals surface area contributed by atoms with Gasteiger partial charge in [-0.25, -0.2) is 0 Å². The van der Waals surface area contributed by atoms with Gasteiger partial charge in [0, 0.05) is 32.2 Å². The summed E-state index contributed by atoms with van der Waals surface area (Å²) in [5, 5.41) is 6.75. The zero-order valence-electron chi connectivity index (χ0n) is 13.3. The van der Waals surface area contributed by atoms with E-state index in [1.165, 1.54) is 0 Å². The van der Waals surface area contributed by atoms with Crippen LogP contribution in [0.2, 0.25) is 0 Å². The lowest BCUT2D eigenvalue weighted by atomic mass is 10.1. The fourth-order valence-electron chi connectivity index (χ4n) is 1.83. The molecule has 0 aliphatic carbocycles. The molecule has 1 fully saturated rings. The van der Waals surface area contributed by atoms with Crippen molar-refractivity contribution < 1.29 is 4.74 Å². The van der Waals surface area contributed by atoms with Crippen molar-refractivity contribution in [3.8, 4) is 0 Å². The maximum atomic E-state index is 5.34. The van der Waals surface area contributed by atoms with Crippen molar-refractivity contribution in [2.24, 2.45) is 10.9 Å². The summed E-state index contributed by atoms with van der Waals surface area (Å²) in [5.41, 5.74) is 0. The molecule has 1 rings (SSSR count). The smallest absolute Gasteiger partial charge is 0.191 e. The van der Waals surface area contributed by atoms with Gasteiger partial charge < -0.3 is 15.4 Å². The average molecular weight is 398 g/mol. The summed E-state index contributed by atoms with van der Waals surface area (Å²) >= 11 is 0. The Hall–Kier alpha value is -0.0800. The summed E-state index contributed by atoms with van der Waals surface area (Å²) in [6, 6.07) is 0.432. The second-order valence-corrected chi connectivity index (χ2v) is 5.39. The topological polar surface area (TPSA) is 48.9 Å². The Morgan fingerprint density at radius 3 is 2.45 bits per heavy atom. The van der Waals surface area contributed by atoms with E-state index in [-0.39, 0.29) is 24.0 Å². The van der Waals surface area contributed by atoms with Crippen molar-refractivity contribution in [3.63, 3.8) is 0 Å².